The molecule has 120 valence electrons. The molecule has 1 aliphatic rings. The number of carboxylic acids is 1. The van der Waals surface area contributed by atoms with Crippen LogP contribution in [-0.4, -0.2) is 17.0 Å². The molecule has 4 nitrogen and oxygen atoms in total. The van der Waals surface area contributed by atoms with E-state index < -0.39 is 17.7 Å². The van der Waals surface area contributed by atoms with Crippen LogP contribution >= 0.6 is 11.3 Å². The van der Waals surface area contributed by atoms with Crippen LogP contribution in [0.15, 0.2) is 18.2 Å². The van der Waals surface area contributed by atoms with Crippen molar-refractivity contribution in [2.24, 2.45) is 0 Å². The van der Waals surface area contributed by atoms with Crippen molar-refractivity contribution in [1.82, 2.24) is 0 Å². The minimum atomic E-state index is -1.22. The molecule has 0 atom stereocenters. The molecule has 1 aliphatic carbocycles. The zero-order chi connectivity index (χ0) is 16.6. The summed E-state index contributed by atoms with van der Waals surface area (Å²) in [5, 5.41) is 12.4. The summed E-state index contributed by atoms with van der Waals surface area (Å²) in [4.78, 5) is 24.4. The number of aryl methyl sites for hydroxylation is 1. The Morgan fingerprint density at radius 2 is 2.00 bits per heavy atom. The van der Waals surface area contributed by atoms with Crippen molar-refractivity contribution in [3.63, 3.8) is 0 Å². The minimum absolute atomic E-state index is 0.152. The van der Waals surface area contributed by atoms with Gasteiger partial charge in [0.1, 0.15) is 5.82 Å². The highest BCUT2D eigenvalue weighted by Gasteiger charge is 2.21. The maximum atomic E-state index is 14.0. The van der Waals surface area contributed by atoms with Crippen LogP contribution in [0.25, 0.3) is 0 Å². The Morgan fingerprint density at radius 3 is 2.65 bits per heavy atom. The van der Waals surface area contributed by atoms with Crippen LogP contribution in [0.1, 0.15) is 49.6 Å². The normalized spacial score (nSPS) is 13.5. The molecule has 1 amide bonds. The highest BCUT2D eigenvalue weighted by molar-refractivity contribution is 7.16. The predicted molar refractivity (Wildman–Crippen MR) is 87.0 cm³/mol. The third-order valence-corrected chi connectivity index (χ3v) is 5.43. The van der Waals surface area contributed by atoms with Crippen LogP contribution in [0.5, 0.6) is 0 Å². The molecule has 23 heavy (non-hydrogen) atoms. The molecule has 6 heteroatoms. The number of nitrogens with one attached hydrogen (secondary N) is 1. The lowest BCUT2D eigenvalue weighted by Gasteiger charge is -2.10. The number of aromatic carboxylic acids is 1. The van der Waals surface area contributed by atoms with Gasteiger partial charge in [0.05, 0.1) is 16.1 Å². The van der Waals surface area contributed by atoms with E-state index in [4.69, 9.17) is 5.11 Å². The fourth-order valence-electron chi connectivity index (χ4n) is 2.85. The average Bonchev–Trinajstić information content (AvgIpc) is 2.83. The van der Waals surface area contributed by atoms with E-state index in [0.29, 0.717) is 0 Å². The summed E-state index contributed by atoms with van der Waals surface area (Å²) in [6.07, 6.45) is 4.36. The van der Waals surface area contributed by atoms with Gasteiger partial charge in [-0.1, -0.05) is 0 Å². The number of fused-ring (bicyclic) bond motifs is 1. The summed E-state index contributed by atoms with van der Waals surface area (Å²) in [6, 6.07) is 3.30. The van der Waals surface area contributed by atoms with Crippen LogP contribution in [0.2, 0.25) is 0 Å². The fraction of sp³-hybridized carbons (Fsp3) is 0.294. The Kier molecular flexibility index (Phi) is 4.17. The van der Waals surface area contributed by atoms with Gasteiger partial charge in [0.25, 0.3) is 5.91 Å². The lowest BCUT2D eigenvalue weighted by atomic mass is 9.96. The number of carbonyl (C=O) groups is 2. The molecule has 3 rings (SSSR count). The van der Waals surface area contributed by atoms with Gasteiger partial charge in [-0.15, -0.1) is 11.3 Å². The molecule has 1 heterocycles. The zero-order valence-electron chi connectivity index (χ0n) is 12.6. The molecule has 2 N–H and O–H groups in total. The van der Waals surface area contributed by atoms with Crippen LogP contribution in [-0.2, 0) is 12.8 Å². The first-order chi connectivity index (χ1) is 11.0. The summed E-state index contributed by atoms with van der Waals surface area (Å²) < 4.78 is 14.0. The van der Waals surface area contributed by atoms with E-state index in [1.165, 1.54) is 22.6 Å². The van der Waals surface area contributed by atoms with Gasteiger partial charge in [-0.2, -0.15) is 0 Å². The lowest BCUT2D eigenvalue weighted by Crippen LogP contribution is -2.14. The van der Waals surface area contributed by atoms with Crippen molar-refractivity contribution in [3.05, 3.63) is 51.1 Å². The number of rotatable bonds is 3. The van der Waals surface area contributed by atoms with Gasteiger partial charge in [-0.05, 0) is 61.9 Å². The van der Waals surface area contributed by atoms with Gasteiger partial charge in [-0.3, -0.25) is 4.79 Å². The SMILES string of the molecule is Cc1c(NC(=O)c2ccc(C(=O)O)cc2F)sc2c1CCCC2. The van der Waals surface area contributed by atoms with Crippen molar-refractivity contribution in [1.29, 1.82) is 0 Å². The van der Waals surface area contributed by atoms with Gasteiger partial charge >= 0.3 is 5.97 Å². The highest BCUT2D eigenvalue weighted by atomic mass is 32.1. The summed E-state index contributed by atoms with van der Waals surface area (Å²) in [5.41, 5.74) is 2.03. The van der Waals surface area contributed by atoms with E-state index in [9.17, 15) is 14.0 Å². The number of anilines is 1. The van der Waals surface area contributed by atoms with Crippen LogP contribution in [0.4, 0.5) is 9.39 Å². The molecule has 0 saturated heterocycles. The number of hydrogen-bond donors (Lipinski definition) is 2. The Balaban J connectivity index is 1.85. The van der Waals surface area contributed by atoms with E-state index in [1.807, 2.05) is 6.92 Å². The Morgan fingerprint density at radius 1 is 1.26 bits per heavy atom. The highest BCUT2D eigenvalue weighted by Crippen LogP contribution is 2.37. The standard InChI is InChI=1S/C17H16FNO3S/c1-9-11-4-2-3-5-14(11)23-16(9)19-15(20)12-7-6-10(17(21)22)8-13(12)18/h6-8H,2-5H2,1H3,(H,19,20)(H,21,22). The monoisotopic (exact) mass is 333 g/mol. The van der Waals surface area contributed by atoms with E-state index in [-0.39, 0.29) is 11.1 Å². The van der Waals surface area contributed by atoms with Gasteiger partial charge in [0.2, 0.25) is 0 Å². The summed E-state index contributed by atoms with van der Waals surface area (Å²) in [5.74, 6) is -2.61. The minimum Gasteiger partial charge on any atom is -0.478 e. The van der Waals surface area contributed by atoms with Crippen molar-refractivity contribution in [3.8, 4) is 0 Å². The largest absolute Gasteiger partial charge is 0.478 e. The second-order valence-corrected chi connectivity index (χ2v) is 6.72. The number of thiophene rings is 1. The van der Waals surface area contributed by atoms with Crippen molar-refractivity contribution in [2.45, 2.75) is 32.6 Å². The molecule has 1 aromatic heterocycles. The summed E-state index contributed by atoms with van der Waals surface area (Å²) in [7, 11) is 0. The smallest absolute Gasteiger partial charge is 0.335 e. The predicted octanol–water partition coefficient (Wildman–Crippen LogP) is 4.02. The van der Waals surface area contributed by atoms with Crippen LogP contribution in [0.3, 0.4) is 0 Å². The van der Waals surface area contributed by atoms with Crippen molar-refractivity contribution >= 4 is 28.2 Å². The van der Waals surface area contributed by atoms with E-state index >= 15 is 0 Å². The summed E-state index contributed by atoms with van der Waals surface area (Å²) >= 11 is 1.55. The molecule has 0 radical (unpaired) electrons. The molecule has 0 bridgehead atoms. The number of hydrogen-bond acceptors (Lipinski definition) is 3. The van der Waals surface area contributed by atoms with E-state index in [1.54, 1.807) is 11.3 Å². The summed E-state index contributed by atoms with van der Waals surface area (Å²) in [6.45, 7) is 1.97. The first kappa shape index (κ1) is 15.7. The van der Waals surface area contributed by atoms with E-state index in [2.05, 4.69) is 5.32 Å². The zero-order valence-corrected chi connectivity index (χ0v) is 13.4. The van der Waals surface area contributed by atoms with Gasteiger partial charge in [0.15, 0.2) is 0 Å². The number of carbonyl (C=O) groups excluding carboxylic acids is 1. The second kappa shape index (κ2) is 6.12. The Labute approximate surface area is 137 Å². The van der Waals surface area contributed by atoms with Gasteiger partial charge in [0, 0.05) is 4.88 Å². The number of halogens is 1. The third-order valence-electron chi connectivity index (χ3n) is 4.12. The average molecular weight is 333 g/mol. The van der Waals surface area contributed by atoms with Crippen molar-refractivity contribution < 1.29 is 19.1 Å². The van der Waals surface area contributed by atoms with Gasteiger partial charge < -0.3 is 10.4 Å². The first-order valence-electron chi connectivity index (χ1n) is 7.42. The molecule has 0 saturated carbocycles. The number of benzene rings is 1. The first-order valence-corrected chi connectivity index (χ1v) is 8.24. The van der Waals surface area contributed by atoms with Crippen LogP contribution in [0, 0.1) is 12.7 Å². The third kappa shape index (κ3) is 2.99. The molecule has 0 aliphatic heterocycles. The quantitative estimate of drug-likeness (QED) is 0.891. The molecular formula is C17H16FNO3S. The Hall–Kier alpha value is -2.21. The number of carboxylic acid groups (broad SMARTS) is 1. The maximum absolute atomic E-state index is 14.0. The topological polar surface area (TPSA) is 66.4 Å². The van der Waals surface area contributed by atoms with Crippen LogP contribution < -0.4 is 5.32 Å². The lowest BCUT2D eigenvalue weighted by molar-refractivity contribution is 0.0695. The van der Waals surface area contributed by atoms with Crippen molar-refractivity contribution in [2.75, 3.05) is 5.32 Å². The van der Waals surface area contributed by atoms with Gasteiger partial charge in [-0.25, -0.2) is 9.18 Å². The van der Waals surface area contributed by atoms with E-state index in [0.717, 1.165) is 42.3 Å². The molecule has 0 unspecified atom stereocenters. The molecule has 0 spiro atoms. The second-order valence-electron chi connectivity index (χ2n) is 5.62. The fourth-order valence-corrected chi connectivity index (χ4v) is 4.14. The molecule has 1 aromatic carbocycles. The molecule has 0 fully saturated rings. The maximum Gasteiger partial charge on any atom is 0.335 e. The number of amides is 1. The molecule has 2 aromatic rings. The molecular weight excluding hydrogens is 317 g/mol. The Bertz CT molecular complexity index is 797.